The minimum absolute atomic E-state index is 0. The monoisotopic (exact) mass is 536 g/mol. The molecule has 0 unspecified atom stereocenters. The fraction of sp³-hybridized carbons (Fsp3) is 0.156. The first-order valence-corrected chi connectivity index (χ1v) is 13.1. The predicted octanol–water partition coefficient (Wildman–Crippen LogP) is 6.72. The third kappa shape index (κ3) is 9.66. The van der Waals surface area contributed by atoms with Crippen LogP contribution in [0.4, 0.5) is 0 Å². The summed E-state index contributed by atoms with van der Waals surface area (Å²) in [5.41, 5.74) is 3.01. The molecule has 0 spiro atoms. The zero-order valence-corrected chi connectivity index (χ0v) is 22.9. The third-order valence-electron chi connectivity index (χ3n) is 5.26. The summed E-state index contributed by atoms with van der Waals surface area (Å²) >= 11 is 0. The molecule has 2 aromatic carbocycles. The maximum Gasteiger partial charge on any atom is 0.314 e. The Morgan fingerprint density at radius 2 is 1.19 bits per heavy atom. The molecular weight excluding hydrogens is 503 g/mol. The van der Waals surface area contributed by atoms with Crippen LogP contribution in [0.15, 0.2) is 85.0 Å². The van der Waals surface area contributed by atoms with Crippen molar-refractivity contribution >= 4 is 24.5 Å². The van der Waals surface area contributed by atoms with Gasteiger partial charge in [-0.05, 0) is 83.7 Å². The van der Waals surface area contributed by atoms with Gasteiger partial charge in [0.25, 0.3) is 0 Å². The van der Waals surface area contributed by atoms with E-state index in [0.717, 1.165) is 16.8 Å². The number of ether oxygens (including phenoxy) is 1. The van der Waals surface area contributed by atoms with Crippen LogP contribution in [0.5, 0.6) is 0 Å². The number of carbonyl (C=O) groups excluding carboxylic acids is 1. The van der Waals surface area contributed by atoms with Crippen molar-refractivity contribution in [2.45, 2.75) is 32.8 Å². The summed E-state index contributed by atoms with van der Waals surface area (Å²) in [7, 11) is -0.857. The molecule has 2 fully saturated rings. The predicted molar refractivity (Wildman–Crippen MR) is 149 cm³/mol. The van der Waals surface area contributed by atoms with E-state index in [2.05, 4.69) is 43.8 Å². The van der Waals surface area contributed by atoms with Crippen molar-refractivity contribution in [2.24, 2.45) is 0 Å². The normalized spacial score (nSPS) is 15.8. The standard InChI is InChI=1S/C27H28O2P.C5H5.Fe/c1-20(2)18-22(19-21(3)4)29-27(28)25-16-11-17-26(25)30(23-12-7-5-8-13-23)24-14-9-6-10-15-24;1-2-4-5-3-1;/h5-17,22H,1,3,18-19H2,2,4H3;1-5H;. The zero-order chi connectivity index (χ0) is 25.0. The molecular formula is C32H33FeO2P. The number of benzene rings is 2. The summed E-state index contributed by atoms with van der Waals surface area (Å²) in [5.74, 6) is 0.365. The van der Waals surface area contributed by atoms with Gasteiger partial charge in [-0.25, -0.2) is 0 Å². The summed E-state index contributed by atoms with van der Waals surface area (Å²) in [5, 5.41) is 2.42. The molecule has 2 saturated carbocycles. The van der Waals surface area contributed by atoms with Crippen molar-refractivity contribution in [1.29, 1.82) is 0 Å². The molecule has 4 rings (SSSR count). The molecule has 0 bridgehead atoms. The van der Waals surface area contributed by atoms with Crippen LogP contribution in [0, 0.1) is 62.9 Å². The second-order valence-corrected chi connectivity index (χ2v) is 10.8. The van der Waals surface area contributed by atoms with Crippen molar-refractivity contribution in [2.75, 3.05) is 0 Å². The van der Waals surface area contributed by atoms with E-state index in [9.17, 15) is 4.79 Å². The quantitative estimate of drug-likeness (QED) is 0.154. The van der Waals surface area contributed by atoms with Gasteiger partial charge in [-0.1, -0.05) is 71.8 Å². The SMILES string of the molecule is C=C(C)CC(CC(=C)C)OC(=O)[C]1[CH][CH][CH][C]1P(c1ccccc1)c1ccccc1.[CH]1[CH][CH][CH][CH]1.[Fe]. The van der Waals surface area contributed by atoms with Crippen LogP contribution in [0.25, 0.3) is 0 Å². The molecule has 0 aromatic heterocycles. The Morgan fingerprint density at radius 1 is 0.750 bits per heavy atom. The maximum atomic E-state index is 13.2. The van der Waals surface area contributed by atoms with Crippen LogP contribution in [0.3, 0.4) is 0 Å². The van der Waals surface area contributed by atoms with Gasteiger partial charge >= 0.3 is 5.97 Å². The van der Waals surface area contributed by atoms with Crippen LogP contribution < -0.4 is 10.6 Å². The molecule has 0 amide bonds. The van der Waals surface area contributed by atoms with Crippen LogP contribution in [0.1, 0.15) is 26.7 Å². The van der Waals surface area contributed by atoms with E-state index in [1.807, 2.05) is 95.2 Å². The van der Waals surface area contributed by atoms with Gasteiger partial charge in [-0.15, -0.1) is 13.2 Å². The van der Waals surface area contributed by atoms with E-state index in [1.165, 1.54) is 10.6 Å². The Bertz CT molecular complexity index is 876. The molecule has 0 saturated heterocycles. The smallest absolute Gasteiger partial charge is 0.314 e. The van der Waals surface area contributed by atoms with E-state index in [0.29, 0.717) is 18.8 Å². The van der Waals surface area contributed by atoms with Gasteiger partial charge in [0.2, 0.25) is 0 Å². The average Bonchev–Trinajstić information content (AvgIpc) is 3.56. The van der Waals surface area contributed by atoms with Gasteiger partial charge in [-0.2, -0.15) is 0 Å². The summed E-state index contributed by atoms with van der Waals surface area (Å²) in [6.07, 6.45) is 16.9. The Morgan fingerprint density at radius 3 is 1.61 bits per heavy atom. The second-order valence-electron chi connectivity index (χ2n) is 8.64. The van der Waals surface area contributed by atoms with Gasteiger partial charge in [-0.3, -0.25) is 4.79 Å². The van der Waals surface area contributed by atoms with Crippen molar-refractivity contribution in [1.82, 2.24) is 0 Å². The van der Waals surface area contributed by atoms with Gasteiger partial charge in [0, 0.05) is 35.6 Å². The molecule has 0 heterocycles. The van der Waals surface area contributed by atoms with Gasteiger partial charge in [0.05, 0.1) is 0 Å². The zero-order valence-electron chi connectivity index (χ0n) is 20.9. The molecule has 2 aromatic rings. The van der Waals surface area contributed by atoms with E-state index < -0.39 is 7.92 Å². The molecule has 36 heavy (non-hydrogen) atoms. The average molecular weight is 536 g/mol. The van der Waals surface area contributed by atoms with E-state index in [-0.39, 0.29) is 29.1 Å². The molecule has 186 valence electrons. The Hall–Kier alpha value is -1.66. The summed E-state index contributed by atoms with van der Waals surface area (Å²) in [4.78, 5) is 13.2. The van der Waals surface area contributed by atoms with E-state index in [1.54, 1.807) is 0 Å². The maximum absolute atomic E-state index is 13.2. The number of rotatable bonds is 9. The number of hydrogen-bond acceptors (Lipinski definition) is 2. The van der Waals surface area contributed by atoms with Gasteiger partial charge < -0.3 is 4.74 Å². The Kier molecular flexibility index (Phi) is 13.8. The third-order valence-corrected chi connectivity index (χ3v) is 7.76. The van der Waals surface area contributed by atoms with Crippen molar-refractivity contribution in [3.05, 3.63) is 148 Å². The summed E-state index contributed by atoms with van der Waals surface area (Å²) in [6.45, 7) is 11.9. The van der Waals surface area contributed by atoms with E-state index in [4.69, 9.17) is 4.74 Å². The second kappa shape index (κ2) is 16.2. The molecule has 0 atom stereocenters. The van der Waals surface area contributed by atoms with Crippen molar-refractivity contribution in [3.63, 3.8) is 0 Å². The largest absolute Gasteiger partial charge is 0.461 e. The van der Waals surface area contributed by atoms with Gasteiger partial charge in [0.1, 0.15) is 12.0 Å². The first-order chi connectivity index (χ1) is 17.0. The number of carbonyl (C=O) groups is 1. The minimum Gasteiger partial charge on any atom is -0.461 e. The summed E-state index contributed by atoms with van der Waals surface area (Å²) < 4.78 is 5.93. The van der Waals surface area contributed by atoms with Crippen LogP contribution in [-0.4, -0.2) is 12.1 Å². The van der Waals surface area contributed by atoms with E-state index >= 15 is 0 Å². The Balaban J connectivity index is 0.000000678. The first-order valence-electron chi connectivity index (χ1n) is 11.8. The molecule has 2 nitrogen and oxygen atoms in total. The van der Waals surface area contributed by atoms with Crippen LogP contribution in [0.2, 0.25) is 0 Å². The molecule has 0 N–H and O–H groups in total. The summed E-state index contributed by atoms with van der Waals surface area (Å²) in [6, 6.07) is 20.7. The number of esters is 1. The first kappa shape index (κ1) is 30.6. The van der Waals surface area contributed by atoms with Crippen LogP contribution >= 0.6 is 7.92 Å². The fourth-order valence-corrected chi connectivity index (χ4v) is 6.26. The Labute approximate surface area is 231 Å². The molecule has 10 radical (unpaired) electrons. The number of hydrogen-bond donors (Lipinski definition) is 0. The van der Waals surface area contributed by atoms with Crippen molar-refractivity contribution in [3.8, 4) is 0 Å². The minimum atomic E-state index is -0.857. The molecule has 0 aliphatic heterocycles. The molecule has 2 aliphatic rings. The van der Waals surface area contributed by atoms with Crippen molar-refractivity contribution < 1.29 is 26.6 Å². The molecule has 2 aliphatic carbocycles. The topological polar surface area (TPSA) is 26.3 Å². The van der Waals surface area contributed by atoms with Gasteiger partial charge in [0.15, 0.2) is 0 Å². The fourth-order valence-electron chi connectivity index (χ4n) is 3.83. The molecule has 4 heteroatoms. The van der Waals surface area contributed by atoms with Crippen LogP contribution in [-0.2, 0) is 26.6 Å².